The molecule has 0 unspecified atom stereocenters. The summed E-state index contributed by atoms with van der Waals surface area (Å²) in [6.45, 7) is 0. The van der Waals surface area contributed by atoms with Crippen molar-refractivity contribution in [2.45, 2.75) is 0 Å². The maximum atomic E-state index is 11.2. The zero-order valence-corrected chi connectivity index (χ0v) is 20.4. The Morgan fingerprint density at radius 3 is 1.30 bits per heavy atom. The molecule has 0 aliphatic heterocycles. The van der Waals surface area contributed by atoms with Crippen molar-refractivity contribution in [2.24, 2.45) is 0 Å². The summed E-state index contributed by atoms with van der Waals surface area (Å²) in [4.78, 5) is 0. The van der Waals surface area contributed by atoms with E-state index in [4.69, 9.17) is 9.11 Å². The topological polar surface area (TPSA) is 109 Å². The fourth-order valence-electron chi connectivity index (χ4n) is 2.44. The van der Waals surface area contributed by atoms with E-state index in [1.54, 1.807) is 0 Å². The van der Waals surface area contributed by atoms with Gasteiger partial charge in [0.2, 0.25) is 0 Å². The molecule has 148 valence electrons. The molecule has 0 aliphatic carbocycles. The molecule has 0 atom stereocenters. The number of benzene rings is 2. The second-order valence-electron chi connectivity index (χ2n) is 5.62. The van der Waals surface area contributed by atoms with Crippen molar-refractivity contribution < 1.29 is 25.9 Å². The molecular weight excluding hydrogens is 535 g/mol. The van der Waals surface area contributed by atoms with Crippen LogP contribution < -0.4 is 7.16 Å². The van der Waals surface area contributed by atoms with Crippen LogP contribution in [0.3, 0.4) is 0 Å². The van der Waals surface area contributed by atoms with Crippen molar-refractivity contribution in [1.82, 2.24) is 0 Å². The minimum absolute atomic E-state index is 0.206. The molecule has 0 spiro atoms. The fourth-order valence-corrected chi connectivity index (χ4v) is 35.0. The summed E-state index contributed by atoms with van der Waals surface area (Å²) in [5.74, 6) is -0.321. The third-order valence-corrected chi connectivity index (χ3v) is 35.0. The Labute approximate surface area is 169 Å². The molecule has 2 rings (SSSR count). The molecule has 0 saturated heterocycles. The average molecular weight is 555 g/mol. The van der Waals surface area contributed by atoms with Crippen molar-refractivity contribution in [3.8, 4) is 0 Å². The van der Waals surface area contributed by atoms with Gasteiger partial charge in [0, 0.05) is 0 Å². The molecule has 0 aromatic heterocycles. The molecule has 0 amide bonds. The van der Waals surface area contributed by atoms with E-state index in [0.29, 0.717) is 0 Å². The van der Waals surface area contributed by atoms with E-state index < -0.39 is 35.8 Å². The monoisotopic (exact) mass is 556 g/mol. The van der Waals surface area contributed by atoms with Gasteiger partial charge in [-0.1, -0.05) is 0 Å². The van der Waals surface area contributed by atoms with Crippen LogP contribution in [-0.2, 0) is 20.2 Å². The van der Waals surface area contributed by atoms with Crippen molar-refractivity contribution >= 4 is 60.9 Å². The molecule has 11 heteroatoms. The van der Waals surface area contributed by atoms with Gasteiger partial charge in [0.15, 0.2) is 0 Å². The van der Waals surface area contributed by atoms with E-state index in [1.165, 1.54) is 17.9 Å². The zero-order chi connectivity index (χ0) is 20.0. The van der Waals surface area contributed by atoms with Crippen molar-refractivity contribution in [3.63, 3.8) is 0 Å². The first-order valence-electron chi connectivity index (χ1n) is 7.92. The molecular formula is C16H20O6S4Sn. The molecule has 0 fully saturated rings. The first kappa shape index (κ1) is 23.0. The summed E-state index contributed by atoms with van der Waals surface area (Å²) in [6.07, 6.45) is 0. The van der Waals surface area contributed by atoms with Crippen molar-refractivity contribution in [1.29, 1.82) is 0 Å². The van der Waals surface area contributed by atoms with E-state index in [0.717, 1.165) is 7.16 Å². The molecule has 0 bridgehead atoms. The van der Waals surface area contributed by atoms with Crippen molar-refractivity contribution in [2.75, 3.05) is 23.0 Å². The van der Waals surface area contributed by atoms with Gasteiger partial charge >= 0.3 is 171 Å². The van der Waals surface area contributed by atoms with Gasteiger partial charge in [-0.3, -0.25) is 0 Å². The predicted octanol–water partition coefficient (Wildman–Crippen LogP) is 1.48. The van der Waals surface area contributed by atoms with E-state index >= 15 is 0 Å². The maximum absolute atomic E-state index is 11.2. The van der Waals surface area contributed by atoms with Crippen LogP contribution in [0.2, 0.25) is 0 Å². The summed E-state index contributed by atoms with van der Waals surface area (Å²) in [7, 11) is -5.15. The van der Waals surface area contributed by atoms with Crippen LogP contribution in [0, 0.1) is 0 Å². The Kier molecular flexibility index (Phi) is 8.52. The number of hydrogen-bond donors (Lipinski definition) is 2. The van der Waals surface area contributed by atoms with E-state index in [2.05, 4.69) is 0 Å². The zero-order valence-electron chi connectivity index (χ0n) is 14.3. The Bertz CT molecular complexity index is 854. The molecule has 0 radical (unpaired) electrons. The Morgan fingerprint density at radius 1 is 0.667 bits per heavy atom. The summed E-state index contributed by atoms with van der Waals surface area (Å²) in [5.41, 5.74) is 0. The van der Waals surface area contributed by atoms with Gasteiger partial charge < -0.3 is 0 Å². The van der Waals surface area contributed by atoms with Gasteiger partial charge in [0.05, 0.1) is 0 Å². The van der Waals surface area contributed by atoms with Crippen LogP contribution >= 0.6 is 17.9 Å². The Morgan fingerprint density at radius 2 is 1.00 bits per heavy atom. The van der Waals surface area contributed by atoms with E-state index in [1.807, 2.05) is 60.7 Å². The van der Waals surface area contributed by atoms with Crippen LogP contribution in [0.4, 0.5) is 0 Å². The molecule has 2 N–H and O–H groups in total. The van der Waals surface area contributed by atoms with Crippen molar-refractivity contribution in [3.05, 3.63) is 60.7 Å². The third kappa shape index (κ3) is 7.59. The summed E-state index contributed by atoms with van der Waals surface area (Å²) in [5, 5.41) is 0. The van der Waals surface area contributed by atoms with Gasteiger partial charge in [-0.15, -0.1) is 0 Å². The van der Waals surface area contributed by atoms with Gasteiger partial charge in [0.25, 0.3) is 0 Å². The van der Waals surface area contributed by atoms with Gasteiger partial charge in [-0.25, -0.2) is 0 Å². The van der Waals surface area contributed by atoms with Gasteiger partial charge in [-0.05, 0) is 0 Å². The standard InChI is InChI=1S/2C6H5.2C2H6O3S2.Sn/c2*1-2-4-6-5-3-1;2*3-7(4,5)2-1-6;/h2*1-5H;2*6H,1-2H2,(H,3,4,5);/q;;;;+2/p-2. The summed E-state index contributed by atoms with van der Waals surface area (Å²) < 4.78 is 65.1. The number of rotatable bonds is 10. The van der Waals surface area contributed by atoms with Gasteiger partial charge in [0.1, 0.15) is 0 Å². The molecule has 0 heterocycles. The van der Waals surface area contributed by atoms with E-state index in [-0.39, 0.29) is 23.0 Å². The normalized spacial score (nSPS) is 12.8. The van der Waals surface area contributed by atoms with Crippen LogP contribution in [0.5, 0.6) is 0 Å². The Hall–Kier alpha value is -0.241. The molecule has 27 heavy (non-hydrogen) atoms. The van der Waals surface area contributed by atoms with Crippen LogP contribution in [0.15, 0.2) is 60.7 Å². The van der Waals surface area contributed by atoms with Crippen LogP contribution in [0.25, 0.3) is 0 Å². The molecule has 0 saturated carbocycles. The minimum atomic E-state index is -4.09. The Balaban J connectivity index is 2.44. The molecule has 6 nitrogen and oxygen atoms in total. The first-order chi connectivity index (χ1) is 12.6. The molecule has 0 aliphatic rings. The first-order valence-corrected chi connectivity index (χ1v) is 23.0. The average Bonchev–Trinajstić information content (AvgIpc) is 2.60. The fraction of sp³-hybridized carbons (Fsp3) is 0.250. The van der Waals surface area contributed by atoms with Gasteiger partial charge in [-0.2, -0.15) is 0 Å². The summed E-state index contributed by atoms with van der Waals surface area (Å²) >= 11 is -3.62. The molecule has 2 aromatic carbocycles. The third-order valence-electron chi connectivity index (χ3n) is 3.60. The van der Waals surface area contributed by atoms with Crippen LogP contribution in [0.1, 0.15) is 0 Å². The van der Waals surface area contributed by atoms with E-state index in [9.17, 15) is 16.8 Å². The predicted molar refractivity (Wildman–Crippen MR) is 116 cm³/mol. The summed E-state index contributed by atoms with van der Waals surface area (Å²) in [6, 6.07) is 19.3. The molecule has 2 aromatic rings. The quantitative estimate of drug-likeness (QED) is 0.336. The SMILES string of the molecule is O=S(=O)(O)CC[S][Sn]([S]CCS(=O)(=O)O)([c]1ccccc1)[c]1ccccc1. The number of hydrogen-bond acceptors (Lipinski definition) is 6. The second-order valence-corrected chi connectivity index (χ2v) is 31.9. The van der Waals surface area contributed by atoms with Crippen LogP contribution in [-0.4, -0.2) is 64.6 Å². The second kappa shape index (κ2) is 9.99.